The molecule has 0 bridgehead atoms. The average Bonchev–Trinajstić information content (AvgIpc) is 3.23. The Morgan fingerprint density at radius 3 is 2.77 bits per heavy atom. The van der Waals surface area contributed by atoms with E-state index in [9.17, 15) is 4.79 Å². The van der Waals surface area contributed by atoms with E-state index in [1.807, 2.05) is 23.9 Å². The van der Waals surface area contributed by atoms with Gasteiger partial charge >= 0.3 is 6.03 Å². The number of rotatable bonds is 7. The van der Waals surface area contributed by atoms with E-state index in [0.29, 0.717) is 29.2 Å². The molecule has 0 radical (unpaired) electrons. The number of carbonyl (C=O) groups excluding carboxylic acids is 1. The molecular formula is C22H23N7O. The van der Waals surface area contributed by atoms with Crippen LogP contribution in [-0.2, 0) is 13.0 Å². The summed E-state index contributed by atoms with van der Waals surface area (Å²) in [5.41, 5.74) is 4.04. The fraction of sp³-hybridized carbons (Fsp3) is 0.227. The second-order valence-corrected chi connectivity index (χ2v) is 6.86. The van der Waals surface area contributed by atoms with Crippen molar-refractivity contribution in [3.8, 4) is 11.3 Å². The summed E-state index contributed by atoms with van der Waals surface area (Å²) in [5, 5.41) is 9.81. The standard InChI is InChI=1S/C22H23N7O/c1-2-23-22(30)28-20-11-10-18-21(27-20)26-19(14-24-18)17-13-25-29(15-17)12-6-9-16-7-4-3-5-8-16/h3-5,7-8,10-11,13-15H,2,6,9,12H2,1H3,(H2,23,26,27,28,30). The van der Waals surface area contributed by atoms with Crippen molar-refractivity contribution < 1.29 is 4.79 Å². The molecule has 1 aromatic carbocycles. The number of hydrogen-bond acceptors (Lipinski definition) is 5. The van der Waals surface area contributed by atoms with Crippen LogP contribution in [0.5, 0.6) is 0 Å². The van der Waals surface area contributed by atoms with Gasteiger partial charge in [-0.2, -0.15) is 5.10 Å². The van der Waals surface area contributed by atoms with Crippen molar-refractivity contribution in [3.05, 3.63) is 66.6 Å². The third kappa shape index (κ3) is 4.78. The van der Waals surface area contributed by atoms with Gasteiger partial charge in [-0.05, 0) is 37.5 Å². The molecule has 152 valence electrons. The second-order valence-electron chi connectivity index (χ2n) is 6.86. The molecule has 2 amide bonds. The fourth-order valence-electron chi connectivity index (χ4n) is 3.14. The Bertz CT molecular complexity index is 1140. The Labute approximate surface area is 174 Å². The van der Waals surface area contributed by atoms with Crippen LogP contribution in [-0.4, -0.2) is 37.3 Å². The lowest BCUT2D eigenvalue weighted by atomic mass is 10.1. The van der Waals surface area contributed by atoms with Crippen LogP contribution >= 0.6 is 0 Å². The van der Waals surface area contributed by atoms with Gasteiger partial charge in [-0.3, -0.25) is 15.0 Å². The smallest absolute Gasteiger partial charge is 0.320 e. The number of nitrogens with zero attached hydrogens (tertiary/aromatic N) is 5. The second kappa shape index (κ2) is 9.13. The molecule has 4 rings (SSSR count). The zero-order valence-electron chi connectivity index (χ0n) is 16.7. The summed E-state index contributed by atoms with van der Waals surface area (Å²) in [6, 6.07) is 13.6. The summed E-state index contributed by atoms with van der Waals surface area (Å²) in [6.07, 6.45) is 7.49. The number of aromatic nitrogens is 5. The average molecular weight is 401 g/mol. The molecule has 0 unspecified atom stereocenters. The number of hydrogen-bond donors (Lipinski definition) is 2. The van der Waals surface area contributed by atoms with Crippen LogP contribution < -0.4 is 10.6 Å². The molecule has 0 saturated carbocycles. The van der Waals surface area contributed by atoms with Crippen LogP contribution in [0.15, 0.2) is 61.1 Å². The van der Waals surface area contributed by atoms with Gasteiger partial charge in [-0.15, -0.1) is 0 Å². The van der Waals surface area contributed by atoms with Gasteiger partial charge in [0.05, 0.1) is 18.1 Å². The van der Waals surface area contributed by atoms with Gasteiger partial charge < -0.3 is 5.32 Å². The molecule has 3 aromatic heterocycles. The molecule has 2 N–H and O–H groups in total. The van der Waals surface area contributed by atoms with E-state index in [0.717, 1.165) is 24.9 Å². The molecule has 3 heterocycles. The first-order valence-corrected chi connectivity index (χ1v) is 9.96. The highest BCUT2D eigenvalue weighted by atomic mass is 16.2. The normalized spacial score (nSPS) is 10.8. The van der Waals surface area contributed by atoms with Crippen LogP contribution in [0.3, 0.4) is 0 Å². The Morgan fingerprint density at radius 2 is 1.93 bits per heavy atom. The largest absolute Gasteiger partial charge is 0.338 e. The van der Waals surface area contributed by atoms with Crippen molar-refractivity contribution in [1.82, 2.24) is 30.0 Å². The topological polar surface area (TPSA) is 97.6 Å². The predicted molar refractivity (Wildman–Crippen MR) is 116 cm³/mol. The number of nitrogens with one attached hydrogen (secondary N) is 2. The Balaban J connectivity index is 1.45. The van der Waals surface area contributed by atoms with Gasteiger partial charge in [0.1, 0.15) is 11.3 Å². The summed E-state index contributed by atoms with van der Waals surface area (Å²) in [6.45, 7) is 3.22. The molecule has 4 aromatic rings. The van der Waals surface area contributed by atoms with Gasteiger partial charge in [0.2, 0.25) is 0 Å². The molecule has 0 saturated heterocycles. The SMILES string of the molecule is CCNC(=O)Nc1ccc2ncc(-c3cnn(CCCc4ccccc4)c3)nc2n1. The summed E-state index contributed by atoms with van der Waals surface area (Å²) in [7, 11) is 0. The lowest BCUT2D eigenvalue weighted by molar-refractivity contribution is 0.252. The number of pyridine rings is 1. The third-order valence-electron chi connectivity index (χ3n) is 4.61. The molecule has 0 aliphatic heterocycles. The van der Waals surface area contributed by atoms with E-state index < -0.39 is 0 Å². The summed E-state index contributed by atoms with van der Waals surface area (Å²) >= 11 is 0. The first kappa shape index (κ1) is 19.5. The van der Waals surface area contributed by atoms with Crippen molar-refractivity contribution in [2.45, 2.75) is 26.3 Å². The van der Waals surface area contributed by atoms with Crippen LogP contribution in [0.2, 0.25) is 0 Å². The maximum absolute atomic E-state index is 11.7. The number of anilines is 1. The number of urea groups is 1. The maximum Gasteiger partial charge on any atom is 0.320 e. The summed E-state index contributed by atoms with van der Waals surface area (Å²) in [5.74, 6) is 0.427. The monoisotopic (exact) mass is 401 g/mol. The zero-order valence-corrected chi connectivity index (χ0v) is 16.7. The highest BCUT2D eigenvalue weighted by molar-refractivity contribution is 5.89. The Hall–Kier alpha value is -3.81. The minimum absolute atomic E-state index is 0.301. The minimum Gasteiger partial charge on any atom is -0.338 e. The Kier molecular flexibility index (Phi) is 5.93. The van der Waals surface area contributed by atoms with Crippen molar-refractivity contribution in [3.63, 3.8) is 0 Å². The van der Waals surface area contributed by atoms with Gasteiger partial charge in [-0.1, -0.05) is 30.3 Å². The van der Waals surface area contributed by atoms with E-state index in [2.05, 4.69) is 54.9 Å². The lowest BCUT2D eigenvalue weighted by Crippen LogP contribution is -2.28. The van der Waals surface area contributed by atoms with E-state index in [1.165, 1.54) is 5.56 Å². The highest BCUT2D eigenvalue weighted by Crippen LogP contribution is 2.19. The van der Waals surface area contributed by atoms with Crippen LogP contribution in [0.4, 0.5) is 10.6 Å². The summed E-state index contributed by atoms with van der Waals surface area (Å²) < 4.78 is 1.92. The number of amides is 2. The quantitative estimate of drug-likeness (QED) is 0.492. The number of benzene rings is 1. The first-order chi connectivity index (χ1) is 14.7. The van der Waals surface area contributed by atoms with Crippen molar-refractivity contribution >= 4 is 23.0 Å². The molecule has 8 nitrogen and oxygen atoms in total. The molecule has 30 heavy (non-hydrogen) atoms. The van der Waals surface area contributed by atoms with E-state index in [-0.39, 0.29) is 6.03 Å². The van der Waals surface area contributed by atoms with E-state index >= 15 is 0 Å². The van der Waals surface area contributed by atoms with Crippen molar-refractivity contribution in [2.75, 3.05) is 11.9 Å². The van der Waals surface area contributed by atoms with Gasteiger partial charge in [-0.25, -0.2) is 14.8 Å². The fourth-order valence-corrected chi connectivity index (χ4v) is 3.14. The number of fused-ring (bicyclic) bond motifs is 1. The van der Waals surface area contributed by atoms with Gasteiger partial charge in [0.15, 0.2) is 5.65 Å². The molecular weight excluding hydrogens is 378 g/mol. The van der Waals surface area contributed by atoms with Crippen LogP contribution in [0, 0.1) is 0 Å². The molecule has 0 atom stereocenters. The zero-order chi connectivity index (χ0) is 20.8. The van der Waals surface area contributed by atoms with Crippen molar-refractivity contribution in [2.24, 2.45) is 0 Å². The number of aryl methyl sites for hydroxylation is 2. The molecule has 0 aliphatic rings. The summed E-state index contributed by atoms with van der Waals surface area (Å²) in [4.78, 5) is 25.1. The number of carbonyl (C=O) groups is 1. The molecule has 8 heteroatoms. The van der Waals surface area contributed by atoms with Crippen LogP contribution in [0.1, 0.15) is 18.9 Å². The first-order valence-electron chi connectivity index (χ1n) is 9.96. The van der Waals surface area contributed by atoms with E-state index in [1.54, 1.807) is 24.5 Å². The third-order valence-corrected chi connectivity index (χ3v) is 4.61. The molecule has 0 spiro atoms. The maximum atomic E-state index is 11.7. The highest BCUT2D eigenvalue weighted by Gasteiger charge is 2.09. The predicted octanol–water partition coefficient (Wildman–Crippen LogP) is 3.66. The molecule has 0 fully saturated rings. The van der Waals surface area contributed by atoms with Gasteiger partial charge in [0.25, 0.3) is 0 Å². The van der Waals surface area contributed by atoms with E-state index in [4.69, 9.17) is 0 Å². The van der Waals surface area contributed by atoms with Crippen LogP contribution in [0.25, 0.3) is 22.4 Å². The van der Waals surface area contributed by atoms with Gasteiger partial charge in [0, 0.05) is 24.8 Å². The minimum atomic E-state index is -0.301. The lowest BCUT2D eigenvalue weighted by Gasteiger charge is -2.06. The van der Waals surface area contributed by atoms with Crippen molar-refractivity contribution in [1.29, 1.82) is 0 Å². The molecule has 0 aliphatic carbocycles. The Morgan fingerprint density at radius 1 is 1.07 bits per heavy atom.